The highest BCUT2D eigenvalue weighted by Crippen LogP contribution is 2.70. The van der Waals surface area contributed by atoms with Crippen molar-refractivity contribution in [3.8, 4) is 0 Å². The first-order chi connectivity index (χ1) is 16.7. The minimum Gasteiger partial charge on any atom is -0.460 e. The van der Waals surface area contributed by atoms with Crippen LogP contribution < -0.4 is 0 Å². The molecule has 8 atom stereocenters. The summed E-state index contributed by atoms with van der Waals surface area (Å²) < 4.78 is 11.6. The third-order valence-electron chi connectivity index (χ3n) is 11.7. The summed E-state index contributed by atoms with van der Waals surface area (Å²) >= 11 is 0. The molecule has 36 heavy (non-hydrogen) atoms. The molecule has 0 aromatic carbocycles. The van der Waals surface area contributed by atoms with E-state index < -0.39 is 22.8 Å². The fourth-order valence-corrected chi connectivity index (χ4v) is 9.25. The van der Waals surface area contributed by atoms with Crippen molar-refractivity contribution >= 4 is 11.9 Å². The Kier molecular flexibility index (Phi) is 4.98. The summed E-state index contributed by atoms with van der Waals surface area (Å²) in [4.78, 5) is 24.7. The van der Waals surface area contributed by atoms with Crippen LogP contribution in [0.4, 0.5) is 0 Å². The number of esters is 2. The summed E-state index contributed by atoms with van der Waals surface area (Å²) in [6.07, 6.45) is 12.3. The highest BCUT2D eigenvalue weighted by molar-refractivity contribution is 5.84. The Morgan fingerprint density at radius 3 is 2.44 bits per heavy atom. The fourth-order valence-electron chi connectivity index (χ4n) is 9.25. The van der Waals surface area contributed by atoms with Crippen molar-refractivity contribution in [1.29, 1.82) is 0 Å². The van der Waals surface area contributed by atoms with Gasteiger partial charge in [0.05, 0.1) is 0 Å². The molecule has 196 valence electrons. The molecule has 0 spiro atoms. The van der Waals surface area contributed by atoms with Crippen LogP contribution in [-0.4, -0.2) is 45.1 Å². The first-order valence-corrected chi connectivity index (χ1v) is 13.7. The van der Waals surface area contributed by atoms with Crippen LogP contribution in [0.15, 0.2) is 34.9 Å². The Morgan fingerprint density at radius 1 is 0.944 bits per heavy atom. The van der Waals surface area contributed by atoms with E-state index in [-0.39, 0.29) is 34.7 Å². The molecule has 0 amide bonds. The van der Waals surface area contributed by atoms with Gasteiger partial charge in [-0.25, -0.2) is 9.59 Å². The fraction of sp³-hybridized carbons (Fsp3) is 0.733. The molecule has 0 radical (unpaired) electrons. The van der Waals surface area contributed by atoms with Crippen LogP contribution in [0.1, 0.15) is 86.0 Å². The van der Waals surface area contributed by atoms with Crippen LogP contribution >= 0.6 is 0 Å². The van der Waals surface area contributed by atoms with E-state index in [1.165, 1.54) is 18.1 Å². The average molecular weight is 497 g/mol. The predicted octanol–water partition coefficient (Wildman–Crippen LogP) is 4.54. The van der Waals surface area contributed by atoms with E-state index in [4.69, 9.17) is 9.47 Å². The molecule has 6 heteroatoms. The first-order valence-electron chi connectivity index (χ1n) is 13.7. The van der Waals surface area contributed by atoms with Gasteiger partial charge in [0.1, 0.15) is 17.3 Å². The van der Waals surface area contributed by atoms with Gasteiger partial charge in [-0.05, 0) is 93.6 Å². The normalized spacial score (nSPS) is 49.2. The quantitative estimate of drug-likeness (QED) is 0.518. The Morgan fingerprint density at radius 2 is 1.69 bits per heavy atom. The minimum absolute atomic E-state index is 0.0161. The van der Waals surface area contributed by atoms with Crippen molar-refractivity contribution in [3.05, 3.63) is 34.9 Å². The molecule has 1 saturated heterocycles. The van der Waals surface area contributed by atoms with E-state index >= 15 is 0 Å². The Bertz CT molecular complexity index is 1130. The number of hydrogen-bond donors (Lipinski definition) is 2. The molecular formula is C30H40O6. The van der Waals surface area contributed by atoms with Crippen molar-refractivity contribution in [2.45, 2.75) is 109 Å². The van der Waals surface area contributed by atoms with Crippen molar-refractivity contribution < 1.29 is 29.3 Å². The number of allylic oxidation sites excluding steroid dienone is 4. The zero-order chi connectivity index (χ0) is 25.9. The standard InChI is InChI=1S/C30H40O6/c1-26(2)20-7-8-21-18(14-17(20)6-9-24(31)36-26)10-12-28(4)22(11-13-27(21,28)3)19-15-30(34)16-23(19)35-25(32)29(30,5)33/h6,9,14,19-20,22-23,33-34H,7-8,10-13,15-16H2,1-5H3. The zero-order valence-electron chi connectivity index (χ0n) is 22.2. The second-order valence-electron chi connectivity index (χ2n) is 13.6. The lowest BCUT2D eigenvalue weighted by atomic mass is 9.52. The molecule has 3 fully saturated rings. The Labute approximate surface area is 213 Å². The van der Waals surface area contributed by atoms with Crippen LogP contribution in [0.25, 0.3) is 0 Å². The predicted molar refractivity (Wildman–Crippen MR) is 133 cm³/mol. The maximum atomic E-state index is 12.5. The Hall–Kier alpha value is -1.92. The third kappa shape index (κ3) is 3.03. The molecular weight excluding hydrogens is 456 g/mol. The van der Waals surface area contributed by atoms with Crippen molar-refractivity contribution in [2.24, 2.45) is 28.6 Å². The first kappa shape index (κ1) is 24.4. The number of aliphatic hydroxyl groups is 2. The van der Waals surface area contributed by atoms with Gasteiger partial charge in [-0.1, -0.05) is 31.6 Å². The lowest BCUT2D eigenvalue weighted by Crippen LogP contribution is -2.59. The maximum absolute atomic E-state index is 12.5. The molecule has 2 bridgehead atoms. The van der Waals surface area contributed by atoms with E-state index in [1.54, 1.807) is 11.6 Å². The monoisotopic (exact) mass is 496 g/mol. The van der Waals surface area contributed by atoms with Crippen LogP contribution in [0, 0.1) is 28.6 Å². The lowest BCUT2D eigenvalue weighted by molar-refractivity contribution is -0.212. The van der Waals surface area contributed by atoms with Gasteiger partial charge in [0.15, 0.2) is 5.60 Å². The molecule has 6 nitrogen and oxygen atoms in total. The van der Waals surface area contributed by atoms with Gasteiger partial charge < -0.3 is 19.7 Å². The second kappa shape index (κ2) is 7.35. The number of cyclic esters (lactones) is 1. The molecule has 0 aromatic rings. The molecule has 2 heterocycles. The molecule has 2 N–H and O–H groups in total. The molecule has 4 aliphatic carbocycles. The lowest BCUT2D eigenvalue weighted by Gasteiger charge is -2.52. The van der Waals surface area contributed by atoms with Gasteiger partial charge in [-0.3, -0.25) is 0 Å². The summed E-state index contributed by atoms with van der Waals surface area (Å²) in [5.41, 5.74) is 0.366. The number of fused-ring (bicyclic) bond motifs is 5. The molecule has 0 aromatic heterocycles. The van der Waals surface area contributed by atoms with E-state index in [0.29, 0.717) is 18.8 Å². The maximum Gasteiger partial charge on any atom is 0.341 e. The van der Waals surface area contributed by atoms with Crippen molar-refractivity contribution in [2.75, 3.05) is 0 Å². The van der Waals surface area contributed by atoms with Crippen LogP contribution in [0.3, 0.4) is 0 Å². The molecule has 6 aliphatic rings. The number of hydrogen-bond acceptors (Lipinski definition) is 6. The largest absolute Gasteiger partial charge is 0.460 e. The zero-order valence-corrected chi connectivity index (χ0v) is 22.2. The SMILES string of the molecule is CC1(C)OC(=O)C=CC2=CC3=C(CCC21)C1(C)CCC(C2CC4(O)CC2OC(=O)C4(C)O)C1(C)CC3. The van der Waals surface area contributed by atoms with E-state index in [1.807, 2.05) is 19.9 Å². The number of carbonyl (C=O) groups excluding carboxylic acids is 2. The van der Waals surface area contributed by atoms with Gasteiger partial charge >= 0.3 is 11.9 Å². The molecule has 6 rings (SSSR count). The van der Waals surface area contributed by atoms with Gasteiger partial charge in [0.2, 0.25) is 0 Å². The van der Waals surface area contributed by atoms with Gasteiger partial charge in [-0.15, -0.1) is 0 Å². The Balaban J connectivity index is 1.35. The second-order valence-corrected chi connectivity index (χ2v) is 13.6. The topological polar surface area (TPSA) is 93.1 Å². The van der Waals surface area contributed by atoms with Crippen LogP contribution in [-0.2, 0) is 19.1 Å². The highest BCUT2D eigenvalue weighted by Gasteiger charge is 2.69. The van der Waals surface area contributed by atoms with Crippen LogP contribution in [0.5, 0.6) is 0 Å². The van der Waals surface area contributed by atoms with Crippen molar-refractivity contribution in [3.63, 3.8) is 0 Å². The summed E-state index contributed by atoms with van der Waals surface area (Å²) in [6, 6.07) is 0. The molecule has 8 unspecified atom stereocenters. The summed E-state index contributed by atoms with van der Waals surface area (Å²) in [5.74, 6) is -0.432. The van der Waals surface area contributed by atoms with Gasteiger partial charge in [0, 0.05) is 24.3 Å². The van der Waals surface area contributed by atoms with Gasteiger partial charge in [0.25, 0.3) is 0 Å². The van der Waals surface area contributed by atoms with Gasteiger partial charge in [-0.2, -0.15) is 0 Å². The molecule has 2 saturated carbocycles. The van der Waals surface area contributed by atoms with E-state index in [2.05, 4.69) is 19.9 Å². The summed E-state index contributed by atoms with van der Waals surface area (Å²) in [7, 11) is 0. The van der Waals surface area contributed by atoms with E-state index in [0.717, 1.165) is 38.5 Å². The summed E-state index contributed by atoms with van der Waals surface area (Å²) in [6.45, 7) is 10.3. The smallest absolute Gasteiger partial charge is 0.341 e. The number of rotatable bonds is 1. The number of ether oxygens (including phenoxy) is 2. The third-order valence-corrected chi connectivity index (χ3v) is 11.7. The highest BCUT2D eigenvalue weighted by atomic mass is 16.6. The number of carbonyl (C=O) groups is 2. The average Bonchev–Trinajstić information content (AvgIpc) is 3.09. The van der Waals surface area contributed by atoms with E-state index in [9.17, 15) is 19.8 Å². The minimum atomic E-state index is -1.85. The molecule has 2 aliphatic heterocycles. The van der Waals surface area contributed by atoms with Crippen LogP contribution in [0.2, 0.25) is 0 Å². The summed E-state index contributed by atoms with van der Waals surface area (Å²) in [5, 5.41) is 22.1. The van der Waals surface area contributed by atoms with Crippen molar-refractivity contribution in [1.82, 2.24) is 0 Å².